The molecular formula is C57H58N10O6S4. The predicted octanol–water partition coefficient (Wildman–Crippen LogP) is 11.5. The topological polar surface area (TPSA) is 203 Å². The van der Waals surface area contributed by atoms with Crippen molar-refractivity contribution < 1.29 is 29.2 Å². The monoisotopic (exact) mass is 1110 g/mol. The van der Waals surface area contributed by atoms with Gasteiger partial charge in [-0.25, -0.2) is 19.9 Å². The lowest BCUT2D eigenvalue weighted by atomic mass is 10.0. The van der Waals surface area contributed by atoms with Crippen molar-refractivity contribution in [1.29, 1.82) is 0 Å². The number of aromatic nitrogens is 6. The van der Waals surface area contributed by atoms with Crippen LogP contribution in [-0.2, 0) is 38.5 Å². The largest absolute Gasteiger partial charge is 0.396 e. The minimum absolute atomic E-state index is 0.0325. The smallest absolute Gasteiger partial charge is 0.225 e. The van der Waals surface area contributed by atoms with Gasteiger partial charge < -0.3 is 50.4 Å². The molecule has 77 heavy (non-hydrogen) atoms. The fraction of sp³-hybridized carbons (Fsp3) is 0.404. The van der Waals surface area contributed by atoms with Gasteiger partial charge in [-0.1, -0.05) is 36.4 Å². The van der Waals surface area contributed by atoms with Gasteiger partial charge in [0, 0.05) is 39.3 Å². The number of hydrogen-bond donors (Lipinski definition) is 6. The van der Waals surface area contributed by atoms with E-state index in [4.69, 9.17) is 48.9 Å². The van der Waals surface area contributed by atoms with Crippen molar-refractivity contribution >= 4 is 99.4 Å². The van der Waals surface area contributed by atoms with Crippen LogP contribution in [0.2, 0.25) is 0 Å². The number of rotatable bonds is 15. The van der Waals surface area contributed by atoms with Gasteiger partial charge in [0.1, 0.15) is 27.8 Å². The van der Waals surface area contributed by atoms with E-state index in [9.17, 15) is 10.2 Å². The summed E-state index contributed by atoms with van der Waals surface area (Å²) in [7, 11) is 0. The standard InChI is InChI=1S/C57H58N10O6S4/c1-29-19-22-74-42(29)27-59-52-61-31(3)44(48(65-52)67-56-21-18-36-45(69)57(36,56)72-53(4,5)71-56)50-63-38-23-32(15-16-41(38)77-50)25-54(6)70-46-34(28-68)17-20-55(46,73-54)66-47-43(49-62-37-12-8-10-14-40(37)76-49)30(2)60-51(64-47)58-26-35-24-33-11-7-9-13-39(33)75-35/h7-16,19,22-24,34,36,45-46,68-69H,17-18,20-21,25-28H2,1-6H3,(H2,58,60,64,66)(H2,59,61,65,67). The van der Waals surface area contributed by atoms with Gasteiger partial charge in [-0.3, -0.25) is 0 Å². The van der Waals surface area contributed by atoms with Crippen LogP contribution < -0.4 is 21.3 Å². The molecule has 6 aromatic heterocycles. The Kier molecular flexibility index (Phi) is 11.7. The fourth-order valence-corrected chi connectivity index (χ4v) is 16.7. The summed E-state index contributed by atoms with van der Waals surface area (Å²) in [6.45, 7) is 13.0. The van der Waals surface area contributed by atoms with Gasteiger partial charge in [-0.05, 0) is 132 Å². The molecule has 8 atom stereocenters. The fourth-order valence-electron chi connectivity index (χ4n) is 12.7. The lowest BCUT2D eigenvalue weighted by Gasteiger charge is -2.33. The van der Waals surface area contributed by atoms with Crippen molar-refractivity contribution in [3.05, 3.63) is 117 Å². The quantitative estimate of drug-likeness (QED) is 0.0565. The predicted molar refractivity (Wildman–Crippen MR) is 305 cm³/mol. The first-order valence-electron chi connectivity index (χ1n) is 26.3. The van der Waals surface area contributed by atoms with Gasteiger partial charge in [0.05, 0.1) is 62.1 Å². The van der Waals surface area contributed by atoms with Crippen LogP contribution >= 0.6 is 45.3 Å². The average molecular weight is 1110 g/mol. The van der Waals surface area contributed by atoms with Gasteiger partial charge in [0.2, 0.25) is 11.9 Å². The minimum Gasteiger partial charge on any atom is -0.396 e. The first kappa shape index (κ1) is 49.5. The molecule has 3 aliphatic carbocycles. The molecule has 0 bridgehead atoms. The summed E-state index contributed by atoms with van der Waals surface area (Å²) in [5, 5.41) is 41.6. The summed E-state index contributed by atoms with van der Waals surface area (Å²) >= 11 is 6.62. The molecule has 9 aromatic rings. The van der Waals surface area contributed by atoms with Crippen molar-refractivity contribution in [2.24, 2.45) is 11.8 Å². The molecule has 0 radical (unpaired) electrons. The second-order valence-corrected chi connectivity index (χ2v) is 26.1. The number of thiazole rings is 2. The van der Waals surface area contributed by atoms with Crippen molar-refractivity contribution in [2.75, 3.05) is 27.9 Å². The number of nitrogens with zero attached hydrogens (tertiary/aromatic N) is 6. The van der Waals surface area contributed by atoms with Gasteiger partial charge in [-0.2, -0.15) is 9.97 Å². The zero-order chi connectivity index (χ0) is 52.6. The van der Waals surface area contributed by atoms with E-state index in [1.807, 2.05) is 52.8 Å². The molecule has 6 N–H and O–H groups in total. The molecule has 1 spiro atoms. The van der Waals surface area contributed by atoms with E-state index >= 15 is 0 Å². The number of para-hydroxylation sites is 1. The number of anilines is 4. The van der Waals surface area contributed by atoms with Crippen LogP contribution in [0.5, 0.6) is 0 Å². The highest BCUT2D eigenvalue weighted by atomic mass is 32.1. The maximum atomic E-state index is 11.3. The van der Waals surface area contributed by atoms with Crippen molar-refractivity contribution in [1.82, 2.24) is 29.9 Å². The molecule has 20 heteroatoms. The zero-order valence-corrected chi connectivity index (χ0v) is 46.7. The van der Waals surface area contributed by atoms with E-state index in [2.05, 4.69) is 94.2 Å². The van der Waals surface area contributed by atoms with Crippen LogP contribution in [0.15, 0.2) is 84.2 Å². The number of aliphatic hydroxyl groups is 2. The summed E-state index contributed by atoms with van der Waals surface area (Å²) in [4.78, 5) is 33.1. The second-order valence-electron chi connectivity index (χ2n) is 21.9. The van der Waals surface area contributed by atoms with E-state index in [0.717, 1.165) is 64.9 Å². The third kappa shape index (κ3) is 8.32. The van der Waals surface area contributed by atoms with Gasteiger partial charge in [-0.15, -0.1) is 45.3 Å². The highest BCUT2D eigenvalue weighted by Gasteiger charge is 2.85. The molecule has 8 unspecified atom stereocenters. The summed E-state index contributed by atoms with van der Waals surface area (Å²) in [6, 6.07) is 27.2. The number of hydrogen-bond acceptors (Lipinski definition) is 20. The Morgan fingerprint density at radius 2 is 1.39 bits per heavy atom. The van der Waals surface area contributed by atoms with Crippen LogP contribution in [0.25, 0.3) is 51.7 Å². The molecule has 2 aliphatic heterocycles. The number of aryl methyl sites for hydroxylation is 3. The summed E-state index contributed by atoms with van der Waals surface area (Å²) in [6.07, 6.45) is 1.95. The average Bonchev–Trinajstić information content (AvgIpc) is 2.87. The summed E-state index contributed by atoms with van der Waals surface area (Å²) < 4.78 is 30.9. The highest BCUT2D eigenvalue weighted by Crippen LogP contribution is 2.70. The molecule has 14 rings (SSSR count). The maximum Gasteiger partial charge on any atom is 0.225 e. The van der Waals surface area contributed by atoms with E-state index < -0.39 is 40.8 Å². The van der Waals surface area contributed by atoms with Crippen LogP contribution in [0, 0.1) is 32.6 Å². The molecule has 5 fully saturated rings. The number of thiophene rings is 2. The third-order valence-electron chi connectivity index (χ3n) is 16.1. The maximum absolute atomic E-state index is 11.3. The van der Waals surface area contributed by atoms with Gasteiger partial charge in [0.15, 0.2) is 28.6 Å². The molecule has 0 amide bonds. The summed E-state index contributed by atoms with van der Waals surface area (Å²) in [5.74, 6) is -0.103. The van der Waals surface area contributed by atoms with Crippen LogP contribution in [0.4, 0.5) is 23.5 Å². The van der Waals surface area contributed by atoms with Crippen molar-refractivity contribution in [3.8, 4) is 21.1 Å². The Bertz CT molecular complexity index is 3740. The number of nitrogens with one attached hydrogen (secondary N) is 4. The number of aliphatic hydroxyl groups excluding tert-OH is 2. The molecule has 5 aliphatic rings. The molecule has 3 saturated carbocycles. The molecule has 2 saturated heterocycles. The Hall–Kier alpha value is -5.78. The minimum atomic E-state index is -1.09. The first-order valence-corrected chi connectivity index (χ1v) is 29.6. The van der Waals surface area contributed by atoms with E-state index in [1.165, 1.54) is 25.4 Å². The Labute approximate surface area is 460 Å². The molecule has 3 aromatic carbocycles. The molecular weight excluding hydrogens is 1050 g/mol. The van der Waals surface area contributed by atoms with Gasteiger partial charge in [0.25, 0.3) is 0 Å². The van der Waals surface area contributed by atoms with Crippen LogP contribution in [0.3, 0.4) is 0 Å². The second kappa shape index (κ2) is 18.1. The molecule has 396 valence electrons. The zero-order valence-electron chi connectivity index (χ0n) is 43.4. The van der Waals surface area contributed by atoms with E-state index in [0.29, 0.717) is 62.3 Å². The van der Waals surface area contributed by atoms with E-state index in [1.54, 1.807) is 45.3 Å². The third-order valence-corrected chi connectivity index (χ3v) is 20.4. The van der Waals surface area contributed by atoms with Crippen LogP contribution in [0.1, 0.15) is 78.7 Å². The van der Waals surface area contributed by atoms with Crippen molar-refractivity contribution in [2.45, 2.75) is 128 Å². The number of fused-ring (bicyclic) bond motifs is 4. The van der Waals surface area contributed by atoms with Crippen molar-refractivity contribution in [3.63, 3.8) is 0 Å². The van der Waals surface area contributed by atoms with E-state index in [-0.39, 0.29) is 18.4 Å². The normalized spacial score (nSPS) is 27.8. The lowest BCUT2D eigenvalue weighted by molar-refractivity contribution is -0.180. The SMILES string of the molecule is Cc1ccsc1CNc1nc(C)c(-c2nc3cc(CC4(C)OC5C(CO)CCC5(Nc5nc(NCc6cc7ccccc7s6)nc(C)c5-c5nc6ccccc6s5)O4)ccc3s2)c(NC23CCC4C(O)C42OC(C)(C)O3)n1. The molecule has 8 heterocycles. The first-order chi connectivity index (χ1) is 37.1. The highest BCUT2D eigenvalue weighted by molar-refractivity contribution is 7.22. The lowest BCUT2D eigenvalue weighted by Crippen LogP contribution is -2.50. The number of benzene rings is 3. The Morgan fingerprint density at radius 3 is 2.10 bits per heavy atom. The molecule has 16 nitrogen and oxygen atoms in total. The summed E-state index contributed by atoms with van der Waals surface area (Å²) in [5.41, 5.74) is 4.06. The Morgan fingerprint density at radius 1 is 0.688 bits per heavy atom. The van der Waals surface area contributed by atoms with Gasteiger partial charge >= 0.3 is 0 Å². The van der Waals surface area contributed by atoms with Crippen LogP contribution in [-0.4, -0.2) is 87.6 Å². The Balaban J connectivity index is 0.775. The number of ether oxygens (including phenoxy) is 4.